The minimum Gasteiger partial charge on any atom is -0.423 e. The van der Waals surface area contributed by atoms with Crippen molar-refractivity contribution < 1.29 is 14.8 Å². The Morgan fingerprint density at radius 3 is 2.66 bits per heavy atom. The summed E-state index contributed by atoms with van der Waals surface area (Å²) < 4.78 is 0. The summed E-state index contributed by atoms with van der Waals surface area (Å²) in [6.07, 6.45) is 2.38. The van der Waals surface area contributed by atoms with E-state index in [1.165, 1.54) is 5.56 Å². The molecule has 2 aromatic carbocycles. The summed E-state index contributed by atoms with van der Waals surface area (Å²) in [4.78, 5) is 15.1. The van der Waals surface area contributed by atoms with Gasteiger partial charge < -0.3 is 26.0 Å². The molecule has 29 heavy (non-hydrogen) atoms. The van der Waals surface area contributed by atoms with E-state index in [0.29, 0.717) is 30.9 Å². The number of piperidine rings is 1. The van der Waals surface area contributed by atoms with E-state index < -0.39 is 7.12 Å². The van der Waals surface area contributed by atoms with E-state index in [1.54, 1.807) is 6.07 Å². The van der Waals surface area contributed by atoms with Gasteiger partial charge in [-0.15, -0.1) is 0 Å². The lowest BCUT2D eigenvalue weighted by Gasteiger charge is -2.36. The van der Waals surface area contributed by atoms with Gasteiger partial charge in [0.1, 0.15) is 0 Å². The fourth-order valence-electron chi connectivity index (χ4n) is 4.62. The Bertz CT molecular complexity index is 881. The Hall–Kier alpha value is -2.19. The van der Waals surface area contributed by atoms with Crippen LogP contribution >= 0.6 is 0 Å². The number of likely N-dealkylation sites (tertiary alicyclic amines) is 1. The Morgan fingerprint density at radius 1 is 1.17 bits per heavy atom. The van der Waals surface area contributed by atoms with Crippen LogP contribution in [-0.4, -0.2) is 47.1 Å². The SMILES string of the molecule is NCc1cccc(C2CCN(C(=O)C3Cc4c(cccc4B(O)O)CN3)CC2)c1. The highest BCUT2D eigenvalue weighted by Crippen LogP contribution is 2.29. The standard InChI is InChI=1S/C22H28BN3O3/c24-13-15-3-1-4-17(11-15)16-7-9-26(10-8-16)22(27)21-12-19-18(14-25-21)5-2-6-20(19)23(28)29/h1-6,11,16,21,25,28-29H,7-10,12-14,24H2. The molecular formula is C22H28BN3O3. The number of carbonyl (C=O) groups is 1. The van der Waals surface area contributed by atoms with Crippen LogP contribution in [0.5, 0.6) is 0 Å². The van der Waals surface area contributed by atoms with Gasteiger partial charge in [0, 0.05) is 26.2 Å². The average Bonchev–Trinajstić information content (AvgIpc) is 2.77. The van der Waals surface area contributed by atoms with E-state index >= 15 is 0 Å². The summed E-state index contributed by atoms with van der Waals surface area (Å²) in [5, 5.41) is 22.6. The van der Waals surface area contributed by atoms with Gasteiger partial charge in [-0.2, -0.15) is 0 Å². The average molecular weight is 393 g/mol. The minimum absolute atomic E-state index is 0.104. The van der Waals surface area contributed by atoms with Gasteiger partial charge in [0.25, 0.3) is 0 Å². The molecule has 152 valence electrons. The summed E-state index contributed by atoms with van der Waals surface area (Å²) in [7, 11) is -1.51. The van der Waals surface area contributed by atoms with Crippen LogP contribution in [0.25, 0.3) is 0 Å². The van der Waals surface area contributed by atoms with Crippen LogP contribution in [0.2, 0.25) is 0 Å². The zero-order chi connectivity index (χ0) is 20.4. The minimum atomic E-state index is -1.51. The molecule has 2 heterocycles. The number of nitrogens with two attached hydrogens (primary N) is 1. The van der Waals surface area contributed by atoms with Crippen LogP contribution in [0.4, 0.5) is 0 Å². The molecule has 1 fully saturated rings. The molecule has 2 aliphatic rings. The van der Waals surface area contributed by atoms with Gasteiger partial charge in [0.15, 0.2) is 0 Å². The Balaban J connectivity index is 1.40. The third-order valence-corrected chi connectivity index (χ3v) is 6.30. The van der Waals surface area contributed by atoms with E-state index in [-0.39, 0.29) is 11.9 Å². The van der Waals surface area contributed by atoms with Crippen molar-refractivity contribution in [2.75, 3.05) is 13.1 Å². The number of nitrogens with one attached hydrogen (secondary N) is 1. The number of fused-ring (bicyclic) bond motifs is 1. The topological polar surface area (TPSA) is 98.8 Å². The molecule has 0 saturated carbocycles. The Labute approximate surface area is 171 Å². The second-order valence-electron chi connectivity index (χ2n) is 8.04. The first kappa shape index (κ1) is 20.1. The van der Waals surface area contributed by atoms with Gasteiger partial charge in [-0.05, 0) is 52.9 Å². The molecule has 1 amide bonds. The zero-order valence-electron chi connectivity index (χ0n) is 16.6. The molecule has 2 aliphatic heterocycles. The van der Waals surface area contributed by atoms with Gasteiger partial charge >= 0.3 is 7.12 Å². The van der Waals surface area contributed by atoms with Crippen molar-refractivity contribution in [3.05, 3.63) is 64.7 Å². The first-order valence-electron chi connectivity index (χ1n) is 10.3. The van der Waals surface area contributed by atoms with E-state index in [9.17, 15) is 14.8 Å². The van der Waals surface area contributed by atoms with E-state index in [2.05, 4.69) is 23.5 Å². The maximum Gasteiger partial charge on any atom is 0.488 e. The number of rotatable bonds is 4. The van der Waals surface area contributed by atoms with Crippen molar-refractivity contribution >= 4 is 18.5 Å². The molecule has 6 nitrogen and oxygen atoms in total. The van der Waals surface area contributed by atoms with Crippen LogP contribution in [0, 0.1) is 0 Å². The molecule has 0 spiro atoms. The van der Waals surface area contributed by atoms with Crippen molar-refractivity contribution in [1.82, 2.24) is 10.2 Å². The van der Waals surface area contributed by atoms with Crippen LogP contribution < -0.4 is 16.5 Å². The molecule has 4 rings (SSSR count). The number of benzene rings is 2. The summed E-state index contributed by atoms with van der Waals surface area (Å²) in [5.74, 6) is 0.564. The van der Waals surface area contributed by atoms with Gasteiger partial charge in [-0.3, -0.25) is 4.79 Å². The highest BCUT2D eigenvalue weighted by molar-refractivity contribution is 6.59. The maximum absolute atomic E-state index is 13.1. The van der Waals surface area contributed by atoms with E-state index in [4.69, 9.17) is 5.73 Å². The largest absolute Gasteiger partial charge is 0.488 e. The van der Waals surface area contributed by atoms with Gasteiger partial charge in [-0.25, -0.2) is 0 Å². The molecule has 7 heteroatoms. The third kappa shape index (κ3) is 4.23. The first-order chi connectivity index (χ1) is 14.1. The fraction of sp³-hybridized carbons (Fsp3) is 0.409. The normalized spacial score (nSPS) is 19.7. The smallest absolute Gasteiger partial charge is 0.423 e. The van der Waals surface area contributed by atoms with Crippen molar-refractivity contribution in [2.24, 2.45) is 5.73 Å². The van der Waals surface area contributed by atoms with Crippen molar-refractivity contribution in [3.8, 4) is 0 Å². The zero-order valence-corrected chi connectivity index (χ0v) is 16.6. The van der Waals surface area contributed by atoms with Crippen molar-refractivity contribution in [3.63, 3.8) is 0 Å². The summed E-state index contributed by atoms with van der Waals surface area (Å²) in [5.41, 5.74) is 10.6. The van der Waals surface area contributed by atoms with Crippen LogP contribution in [0.15, 0.2) is 42.5 Å². The quantitative estimate of drug-likeness (QED) is 0.558. The second-order valence-corrected chi connectivity index (χ2v) is 8.04. The highest BCUT2D eigenvalue weighted by Gasteiger charge is 2.32. The molecule has 0 radical (unpaired) electrons. The molecule has 2 aromatic rings. The molecular weight excluding hydrogens is 365 g/mol. The van der Waals surface area contributed by atoms with Crippen LogP contribution in [-0.2, 0) is 24.3 Å². The predicted octanol–water partition coefficient (Wildman–Crippen LogP) is 0.246. The summed E-state index contributed by atoms with van der Waals surface area (Å²) >= 11 is 0. The molecule has 1 saturated heterocycles. The van der Waals surface area contributed by atoms with Crippen molar-refractivity contribution in [1.29, 1.82) is 0 Å². The number of hydrogen-bond donors (Lipinski definition) is 4. The van der Waals surface area contributed by atoms with E-state index in [0.717, 1.165) is 42.6 Å². The van der Waals surface area contributed by atoms with Crippen molar-refractivity contribution in [2.45, 2.75) is 44.3 Å². The second kappa shape index (κ2) is 8.67. The molecule has 5 N–H and O–H groups in total. The number of carbonyl (C=O) groups excluding carboxylic acids is 1. The molecule has 0 aliphatic carbocycles. The summed E-state index contributed by atoms with van der Waals surface area (Å²) in [6, 6.07) is 13.6. The number of amides is 1. The molecule has 1 unspecified atom stereocenters. The van der Waals surface area contributed by atoms with Gasteiger partial charge in [-0.1, -0.05) is 42.5 Å². The number of hydrogen-bond acceptors (Lipinski definition) is 5. The lowest BCUT2D eigenvalue weighted by Crippen LogP contribution is -2.52. The maximum atomic E-state index is 13.1. The van der Waals surface area contributed by atoms with E-state index in [1.807, 2.05) is 23.1 Å². The molecule has 1 atom stereocenters. The summed E-state index contributed by atoms with van der Waals surface area (Å²) in [6.45, 7) is 2.59. The van der Waals surface area contributed by atoms with Gasteiger partial charge in [0.2, 0.25) is 5.91 Å². The number of nitrogens with zero attached hydrogens (tertiary/aromatic N) is 1. The predicted molar refractivity (Wildman–Crippen MR) is 113 cm³/mol. The Kier molecular flexibility index (Phi) is 6.01. The monoisotopic (exact) mass is 393 g/mol. The Morgan fingerprint density at radius 2 is 1.93 bits per heavy atom. The fourth-order valence-corrected chi connectivity index (χ4v) is 4.62. The molecule has 0 aromatic heterocycles. The lowest BCUT2D eigenvalue weighted by molar-refractivity contribution is -0.134. The van der Waals surface area contributed by atoms with Crippen LogP contribution in [0.3, 0.4) is 0 Å². The third-order valence-electron chi connectivity index (χ3n) is 6.30. The first-order valence-corrected chi connectivity index (χ1v) is 10.3. The van der Waals surface area contributed by atoms with Crippen LogP contribution in [0.1, 0.15) is 41.0 Å². The molecule has 0 bridgehead atoms. The van der Waals surface area contributed by atoms with Gasteiger partial charge in [0.05, 0.1) is 6.04 Å². The highest BCUT2D eigenvalue weighted by atomic mass is 16.4. The lowest BCUT2D eigenvalue weighted by atomic mass is 9.73.